The highest BCUT2D eigenvalue weighted by Gasteiger charge is 2.50. The lowest BCUT2D eigenvalue weighted by atomic mass is 9.72. The summed E-state index contributed by atoms with van der Waals surface area (Å²) in [6, 6.07) is 0. The molecule has 0 aromatic heterocycles. The third-order valence-electron chi connectivity index (χ3n) is 4.66. The molecule has 2 fully saturated rings. The molecule has 0 atom stereocenters. The van der Waals surface area contributed by atoms with Gasteiger partial charge in [0, 0.05) is 19.4 Å². The monoisotopic (exact) mass is 279 g/mol. The molecule has 1 amide bonds. The summed E-state index contributed by atoms with van der Waals surface area (Å²) < 4.78 is 0. The summed E-state index contributed by atoms with van der Waals surface area (Å²) >= 11 is 0. The van der Waals surface area contributed by atoms with E-state index in [2.05, 4.69) is 5.32 Å². The van der Waals surface area contributed by atoms with Gasteiger partial charge in [0.1, 0.15) is 0 Å². The molecule has 0 radical (unpaired) electrons. The zero-order valence-corrected chi connectivity index (χ0v) is 12.2. The number of carbonyl (C=O) groups excluding carboxylic acids is 3. The summed E-state index contributed by atoms with van der Waals surface area (Å²) in [6.45, 7) is 0.584. The van der Waals surface area contributed by atoms with Gasteiger partial charge in [-0.15, -0.1) is 0 Å². The third kappa shape index (κ3) is 3.10. The van der Waals surface area contributed by atoms with Crippen molar-refractivity contribution in [1.29, 1.82) is 0 Å². The van der Waals surface area contributed by atoms with Gasteiger partial charge in [0.15, 0.2) is 17.0 Å². The molecule has 4 nitrogen and oxygen atoms in total. The summed E-state index contributed by atoms with van der Waals surface area (Å²) in [6.07, 6.45) is 8.71. The number of nitrogens with one attached hydrogen (secondary N) is 1. The molecule has 1 N–H and O–H groups in total. The quantitative estimate of drug-likeness (QED) is 0.693. The van der Waals surface area contributed by atoms with E-state index in [1.807, 2.05) is 0 Å². The van der Waals surface area contributed by atoms with Crippen LogP contribution in [0.15, 0.2) is 0 Å². The maximum absolute atomic E-state index is 12.6. The second kappa shape index (κ2) is 7.00. The van der Waals surface area contributed by atoms with Crippen molar-refractivity contribution < 1.29 is 14.4 Å². The maximum Gasteiger partial charge on any atom is 0.241 e. The number of rotatable bonds is 0. The van der Waals surface area contributed by atoms with Crippen LogP contribution in [0.3, 0.4) is 0 Å². The van der Waals surface area contributed by atoms with Crippen LogP contribution in [0.1, 0.15) is 70.6 Å². The van der Waals surface area contributed by atoms with Crippen LogP contribution in [-0.2, 0) is 14.4 Å². The maximum atomic E-state index is 12.6. The van der Waals surface area contributed by atoms with Crippen molar-refractivity contribution in [2.24, 2.45) is 5.41 Å². The molecular formula is C16H25NO3. The van der Waals surface area contributed by atoms with Crippen LogP contribution in [0, 0.1) is 5.41 Å². The minimum atomic E-state index is -1.36. The highest BCUT2D eigenvalue weighted by atomic mass is 16.2. The molecule has 1 spiro atoms. The molecule has 1 heterocycles. The zero-order valence-electron chi connectivity index (χ0n) is 12.2. The Morgan fingerprint density at radius 3 is 1.85 bits per heavy atom. The van der Waals surface area contributed by atoms with E-state index in [1.54, 1.807) is 0 Å². The van der Waals surface area contributed by atoms with Gasteiger partial charge in [-0.3, -0.25) is 14.4 Å². The number of ketones is 2. The smallest absolute Gasteiger partial charge is 0.241 e. The fourth-order valence-electron chi connectivity index (χ4n) is 3.37. The molecule has 1 saturated heterocycles. The number of Topliss-reactive ketones (excluding diaryl/α,β-unsaturated/α-hetero) is 2. The van der Waals surface area contributed by atoms with Gasteiger partial charge in [0.25, 0.3) is 0 Å². The van der Waals surface area contributed by atoms with Gasteiger partial charge in [0.05, 0.1) is 0 Å². The number of hydrogen-bond acceptors (Lipinski definition) is 3. The molecule has 4 heteroatoms. The van der Waals surface area contributed by atoms with Crippen LogP contribution in [0.4, 0.5) is 0 Å². The molecule has 1 saturated carbocycles. The predicted molar refractivity (Wildman–Crippen MR) is 76.2 cm³/mol. The van der Waals surface area contributed by atoms with Gasteiger partial charge in [-0.2, -0.15) is 0 Å². The van der Waals surface area contributed by atoms with Crippen molar-refractivity contribution in [1.82, 2.24) is 5.32 Å². The summed E-state index contributed by atoms with van der Waals surface area (Å²) in [4.78, 5) is 37.6. The second-order valence-corrected chi connectivity index (χ2v) is 6.09. The molecule has 2 aliphatic rings. The molecule has 0 unspecified atom stereocenters. The minimum absolute atomic E-state index is 0.135. The van der Waals surface area contributed by atoms with E-state index in [0.29, 0.717) is 25.8 Å². The number of hydrogen-bond donors (Lipinski definition) is 1. The van der Waals surface area contributed by atoms with Crippen molar-refractivity contribution in [3.05, 3.63) is 0 Å². The van der Waals surface area contributed by atoms with Crippen LogP contribution >= 0.6 is 0 Å². The van der Waals surface area contributed by atoms with E-state index in [9.17, 15) is 14.4 Å². The molecule has 1 aliphatic heterocycles. The van der Waals surface area contributed by atoms with Crippen LogP contribution in [0.5, 0.6) is 0 Å². The van der Waals surface area contributed by atoms with Crippen LogP contribution in [-0.4, -0.2) is 24.0 Å². The highest BCUT2D eigenvalue weighted by molar-refractivity contribution is 6.23. The van der Waals surface area contributed by atoms with Gasteiger partial charge < -0.3 is 5.32 Å². The molecule has 0 aromatic carbocycles. The third-order valence-corrected chi connectivity index (χ3v) is 4.66. The SMILES string of the molecule is O=C1CCCCCCCCC(=O)C12CCCCNC2=O. The van der Waals surface area contributed by atoms with Crippen molar-refractivity contribution in [2.45, 2.75) is 70.6 Å². The Balaban J connectivity index is 2.27. The lowest BCUT2D eigenvalue weighted by Crippen LogP contribution is -2.50. The van der Waals surface area contributed by atoms with E-state index in [1.165, 1.54) is 0 Å². The van der Waals surface area contributed by atoms with E-state index in [4.69, 9.17) is 0 Å². The Bertz CT molecular complexity index is 367. The molecule has 0 bridgehead atoms. The largest absolute Gasteiger partial charge is 0.355 e. The lowest BCUT2D eigenvalue weighted by molar-refractivity contribution is -0.150. The van der Waals surface area contributed by atoms with Crippen molar-refractivity contribution >= 4 is 17.5 Å². The summed E-state index contributed by atoms with van der Waals surface area (Å²) in [5.74, 6) is -0.600. The van der Waals surface area contributed by atoms with Crippen LogP contribution in [0.2, 0.25) is 0 Å². The molecule has 1 aliphatic carbocycles. The first-order valence-corrected chi connectivity index (χ1v) is 8.03. The molecule has 112 valence electrons. The fourth-order valence-corrected chi connectivity index (χ4v) is 3.37. The summed E-state index contributed by atoms with van der Waals surface area (Å²) in [7, 11) is 0. The van der Waals surface area contributed by atoms with Gasteiger partial charge in [-0.1, -0.05) is 25.7 Å². The van der Waals surface area contributed by atoms with Crippen molar-refractivity contribution in [2.75, 3.05) is 6.54 Å². The Morgan fingerprint density at radius 1 is 0.700 bits per heavy atom. The average Bonchev–Trinajstić information content (AvgIpc) is 2.64. The van der Waals surface area contributed by atoms with Gasteiger partial charge in [-0.25, -0.2) is 0 Å². The van der Waals surface area contributed by atoms with E-state index in [0.717, 1.165) is 51.4 Å². The molecule has 2 rings (SSSR count). The predicted octanol–water partition coefficient (Wildman–Crippen LogP) is 2.55. The normalized spacial score (nSPS) is 25.7. The number of carbonyl (C=O) groups is 3. The zero-order chi connectivity index (χ0) is 14.4. The summed E-state index contributed by atoms with van der Waals surface area (Å²) in [5.41, 5.74) is -1.36. The molecule has 0 aromatic rings. The Hall–Kier alpha value is -1.19. The first-order valence-electron chi connectivity index (χ1n) is 8.03. The molecule has 20 heavy (non-hydrogen) atoms. The van der Waals surface area contributed by atoms with E-state index < -0.39 is 5.41 Å². The topological polar surface area (TPSA) is 63.2 Å². The standard InChI is InChI=1S/C16H25NO3/c18-13-9-5-3-1-2-4-6-10-14(19)16(13)11-7-8-12-17-15(16)20/h1-12H2,(H,17,20). The van der Waals surface area contributed by atoms with Gasteiger partial charge in [-0.05, 0) is 32.1 Å². The Morgan fingerprint density at radius 2 is 1.25 bits per heavy atom. The number of amides is 1. The fraction of sp³-hybridized carbons (Fsp3) is 0.812. The second-order valence-electron chi connectivity index (χ2n) is 6.09. The van der Waals surface area contributed by atoms with E-state index >= 15 is 0 Å². The minimum Gasteiger partial charge on any atom is -0.355 e. The molecular weight excluding hydrogens is 254 g/mol. The average molecular weight is 279 g/mol. The highest BCUT2D eigenvalue weighted by Crippen LogP contribution is 2.34. The first kappa shape index (κ1) is 15.2. The Labute approximate surface area is 120 Å². The lowest BCUT2D eigenvalue weighted by Gasteiger charge is -2.28. The Kier molecular flexibility index (Phi) is 5.32. The summed E-state index contributed by atoms with van der Waals surface area (Å²) in [5, 5.41) is 2.79. The van der Waals surface area contributed by atoms with Gasteiger partial charge in [0.2, 0.25) is 5.91 Å². The van der Waals surface area contributed by atoms with Crippen molar-refractivity contribution in [3.8, 4) is 0 Å². The van der Waals surface area contributed by atoms with Crippen molar-refractivity contribution in [3.63, 3.8) is 0 Å². The van der Waals surface area contributed by atoms with E-state index in [-0.39, 0.29) is 17.5 Å². The van der Waals surface area contributed by atoms with Crippen LogP contribution in [0.25, 0.3) is 0 Å². The first-order chi connectivity index (χ1) is 9.68. The van der Waals surface area contributed by atoms with Crippen LogP contribution < -0.4 is 5.32 Å². The van der Waals surface area contributed by atoms with Gasteiger partial charge >= 0.3 is 0 Å².